The van der Waals surface area contributed by atoms with Crippen molar-refractivity contribution in [3.8, 4) is 0 Å². The third-order valence-electron chi connectivity index (χ3n) is 2.76. The van der Waals surface area contributed by atoms with Crippen molar-refractivity contribution in [2.45, 2.75) is 27.2 Å². The van der Waals surface area contributed by atoms with Crippen molar-refractivity contribution in [3.05, 3.63) is 24.3 Å². The largest absolute Gasteiger partial charge is 0.399 e. The number of benzene rings is 1. The Kier molecular flexibility index (Phi) is 5.02. The highest BCUT2D eigenvalue weighted by Crippen LogP contribution is 2.20. The Bertz CT molecular complexity index is 466. The van der Waals surface area contributed by atoms with Gasteiger partial charge in [0.25, 0.3) is 0 Å². The van der Waals surface area contributed by atoms with E-state index in [-0.39, 0.29) is 5.75 Å². The molecule has 0 saturated heterocycles. The Labute approximate surface area is 110 Å². The van der Waals surface area contributed by atoms with E-state index in [4.69, 9.17) is 5.73 Å². The van der Waals surface area contributed by atoms with E-state index in [1.165, 1.54) is 4.31 Å². The van der Waals surface area contributed by atoms with Gasteiger partial charge in [-0.15, -0.1) is 0 Å². The van der Waals surface area contributed by atoms with Gasteiger partial charge in [0.2, 0.25) is 10.0 Å². The quantitative estimate of drug-likeness (QED) is 0.808. The van der Waals surface area contributed by atoms with E-state index in [2.05, 4.69) is 0 Å². The first-order valence-corrected chi connectivity index (χ1v) is 7.83. The summed E-state index contributed by atoms with van der Waals surface area (Å²) < 4.78 is 25.9. The molecule has 1 aromatic rings. The fourth-order valence-corrected chi connectivity index (χ4v) is 3.50. The fraction of sp³-hybridized carbons (Fsp3) is 0.538. The number of sulfonamides is 1. The molecule has 0 saturated carbocycles. The van der Waals surface area contributed by atoms with Gasteiger partial charge < -0.3 is 5.73 Å². The molecule has 0 aliphatic carbocycles. The average molecular weight is 270 g/mol. The molecule has 0 aliphatic heterocycles. The number of nitrogen functional groups attached to an aromatic ring is 1. The predicted octanol–water partition coefficient (Wildman–Crippen LogP) is 2.47. The van der Waals surface area contributed by atoms with Gasteiger partial charge in [-0.1, -0.05) is 13.8 Å². The summed E-state index contributed by atoms with van der Waals surface area (Å²) in [5.41, 5.74) is 6.92. The summed E-state index contributed by atoms with van der Waals surface area (Å²) in [6.45, 7) is 6.32. The van der Waals surface area contributed by atoms with Crippen LogP contribution in [0.3, 0.4) is 0 Å². The summed E-state index contributed by atoms with van der Waals surface area (Å²) >= 11 is 0. The lowest BCUT2D eigenvalue weighted by atomic mass is 10.2. The lowest BCUT2D eigenvalue weighted by Gasteiger charge is -2.23. The maximum absolute atomic E-state index is 12.2. The van der Waals surface area contributed by atoms with Crippen LogP contribution in [0, 0.1) is 5.92 Å². The van der Waals surface area contributed by atoms with E-state index in [1.54, 1.807) is 24.3 Å². The van der Waals surface area contributed by atoms with Crippen LogP contribution in [0.5, 0.6) is 0 Å². The van der Waals surface area contributed by atoms with Crippen molar-refractivity contribution in [1.82, 2.24) is 0 Å². The molecule has 0 aliphatic rings. The minimum atomic E-state index is -3.24. The Balaban J connectivity index is 2.92. The van der Waals surface area contributed by atoms with Crippen LogP contribution in [-0.4, -0.2) is 20.7 Å². The van der Waals surface area contributed by atoms with Crippen molar-refractivity contribution in [1.29, 1.82) is 0 Å². The van der Waals surface area contributed by atoms with E-state index < -0.39 is 10.0 Å². The Morgan fingerprint density at radius 2 is 1.78 bits per heavy atom. The highest BCUT2D eigenvalue weighted by Gasteiger charge is 2.20. The molecule has 0 heterocycles. The number of nitrogens with zero attached hydrogens (tertiary/aromatic N) is 1. The van der Waals surface area contributed by atoms with Crippen LogP contribution in [0.15, 0.2) is 24.3 Å². The molecule has 0 atom stereocenters. The molecule has 1 rings (SSSR count). The van der Waals surface area contributed by atoms with Gasteiger partial charge in [-0.2, -0.15) is 0 Å². The first-order valence-electron chi connectivity index (χ1n) is 6.22. The Morgan fingerprint density at radius 1 is 1.22 bits per heavy atom. The number of hydrogen-bond acceptors (Lipinski definition) is 3. The summed E-state index contributed by atoms with van der Waals surface area (Å²) in [6.07, 6.45) is 0.674. The third kappa shape index (κ3) is 3.91. The topological polar surface area (TPSA) is 63.4 Å². The van der Waals surface area contributed by atoms with Crippen LogP contribution < -0.4 is 10.0 Å². The highest BCUT2D eigenvalue weighted by atomic mass is 32.2. The summed E-state index contributed by atoms with van der Waals surface area (Å²) in [6, 6.07) is 6.92. The van der Waals surface area contributed by atoms with Crippen molar-refractivity contribution in [3.63, 3.8) is 0 Å². The lowest BCUT2D eigenvalue weighted by molar-refractivity contribution is 0.570. The van der Waals surface area contributed by atoms with Crippen LogP contribution >= 0.6 is 0 Å². The molecule has 0 radical (unpaired) electrons. The molecule has 0 spiro atoms. The molecule has 0 bridgehead atoms. The van der Waals surface area contributed by atoms with E-state index >= 15 is 0 Å². The van der Waals surface area contributed by atoms with Gasteiger partial charge in [0.15, 0.2) is 0 Å². The van der Waals surface area contributed by atoms with E-state index in [0.717, 1.165) is 0 Å². The molecule has 18 heavy (non-hydrogen) atoms. The standard InChI is InChI=1S/C13H22N2O2S/c1-4-15(13-7-5-12(14)6-8-13)18(16,17)10-9-11(2)3/h5-8,11H,4,9-10,14H2,1-3H3. The predicted molar refractivity (Wildman–Crippen MR) is 77.1 cm³/mol. The molecular formula is C13H22N2O2S. The molecular weight excluding hydrogens is 248 g/mol. The van der Waals surface area contributed by atoms with Crippen LogP contribution in [-0.2, 0) is 10.0 Å². The molecule has 0 fully saturated rings. The molecule has 5 heteroatoms. The molecule has 0 unspecified atom stereocenters. The van der Waals surface area contributed by atoms with Crippen molar-refractivity contribution < 1.29 is 8.42 Å². The van der Waals surface area contributed by atoms with Gasteiger partial charge in [0.05, 0.1) is 11.4 Å². The van der Waals surface area contributed by atoms with E-state index in [1.807, 2.05) is 20.8 Å². The van der Waals surface area contributed by atoms with Crippen LogP contribution in [0.4, 0.5) is 11.4 Å². The van der Waals surface area contributed by atoms with Gasteiger partial charge in [-0.25, -0.2) is 8.42 Å². The van der Waals surface area contributed by atoms with Gasteiger partial charge in [-0.05, 0) is 43.5 Å². The minimum Gasteiger partial charge on any atom is -0.399 e. The zero-order valence-electron chi connectivity index (χ0n) is 11.3. The second-order valence-corrected chi connectivity index (χ2v) is 6.77. The van der Waals surface area contributed by atoms with Gasteiger partial charge in [0, 0.05) is 12.2 Å². The monoisotopic (exact) mass is 270 g/mol. The molecule has 4 nitrogen and oxygen atoms in total. The number of rotatable bonds is 6. The van der Waals surface area contributed by atoms with Gasteiger partial charge in [-0.3, -0.25) is 4.31 Å². The highest BCUT2D eigenvalue weighted by molar-refractivity contribution is 7.92. The molecule has 2 N–H and O–H groups in total. The smallest absolute Gasteiger partial charge is 0.235 e. The van der Waals surface area contributed by atoms with Crippen LogP contribution in [0.1, 0.15) is 27.2 Å². The molecule has 0 amide bonds. The molecule has 1 aromatic carbocycles. The summed E-state index contributed by atoms with van der Waals surface area (Å²) in [7, 11) is -3.24. The fourth-order valence-electron chi connectivity index (χ4n) is 1.68. The summed E-state index contributed by atoms with van der Waals surface area (Å²) in [5.74, 6) is 0.563. The SMILES string of the molecule is CCN(c1ccc(N)cc1)S(=O)(=O)CCC(C)C. The first kappa shape index (κ1) is 14.8. The minimum absolute atomic E-state index is 0.183. The third-order valence-corrected chi connectivity index (χ3v) is 4.65. The maximum atomic E-state index is 12.2. The van der Waals surface area contributed by atoms with E-state index in [9.17, 15) is 8.42 Å². The van der Waals surface area contributed by atoms with Crippen molar-refractivity contribution in [2.75, 3.05) is 22.3 Å². The second kappa shape index (κ2) is 6.09. The zero-order valence-corrected chi connectivity index (χ0v) is 12.1. The number of nitrogens with two attached hydrogens (primary N) is 1. The Morgan fingerprint density at radius 3 is 2.22 bits per heavy atom. The zero-order chi connectivity index (χ0) is 13.8. The number of hydrogen-bond donors (Lipinski definition) is 1. The van der Waals surface area contributed by atoms with Crippen molar-refractivity contribution >= 4 is 21.4 Å². The summed E-state index contributed by atoms with van der Waals surface area (Å²) in [5, 5.41) is 0. The van der Waals surface area contributed by atoms with Gasteiger partial charge >= 0.3 is 0 Å². The number of anilines is 2. The van der Waals surface area contributed by atoms with Crippen LogP contribution in [0.2, 0.25) is 0 Å². The van der Waals surface area contributed by atoms with E-state index in [0.29, 0.717) is 30.3 Å². The Hall–Kier alpha value is -1.23. The average Bonchev–Trinajstić information content (AvgIpc) is 2.30. The second-order valence-electron chi connectivity index (χ2n) is 4.75. The lowest BCUT2D eigenvalue weighted by Crippen LogP contribution is -2.33. The maximum Gasteiger partial charge on any atom is 0.235 e. The van der Waals surface area contributed by atoms with Crippen LogP contribution in [0.25, 0.3) is 0 Å². The summed E-state index contributed by atoms with van der Waals surface area (Å²) in [4.78, 5) is 0. The molecule has 102 valence electrons. The normalized spacial score (nSPS) is 11.8. The van der Waals surface area contributed by atoms with Gasteiger partial charge in [0.1, 0.15) is 0 Å². The van der Waals surface area contributed by atoms with Crippen molar-refractivity contribution in [2.24, 2.45) is 5.92 Å². The first-order chi connectivity index (χ1) is 8.36. The molecule has 0 aromatic heterocycles.